The number of hydrogen-bond acceptors (Lipinski definition) is 2. The van der Waals surface area contributed by atoms with Gasteiger partial charge in [0.25, 0.3) is 5.91 Å². The van der Waals surface area contributed by atoms with E-state index >= 15 is 0 Å². The predicted molar refractivity (Wildman–Crippen MR) is 68.9 cm³/mol. The fourth-order valence-electron chi connectivity index (χ4n) is 1.33. The number of benzene rings is 1. The third-order valence-electron chi connectivity index (χ3n) is 2.17. The lowest BCUT2D eigenvalue weighted by Crippen LogP contribution is -2.23. The zero-order valence-electron chi connectivity index (χ0n) is 8.71. The van der Waals surface area contributed by atoms with Gasteiger partial charge in [-0.3, -0.25) is 9.89 Å². The highest BCUT2D eigenvalue weighted by Crippen LogP contribution is 2.21. The van der Waals surface area contributed by atoms with E-state index in [1.807, 2.05) is 0 Å². The molecule has 0 saturated carbocycles. The first-order valence-corrected chi connectivity index (χ1v) is 6.05. The van der Waals surface area contributed by atoms with E-state index in [1.165, 1.54) is 0 Å². The summed E-state index contributed by atoms with van der Waals surface area (Å²) in [6.45, 7) is 0.394. The second-order valence-electron chi connectivity index (χ2n) is 3.39. The van der Waals surface area contributed by atoms with Crippen LogP contribution in [0.4, 0.5) is 0 Å². The molecule has 0 atom stereocenters. The van der Waals surface area contributed by atoms with Gasteiger partial charge in [0.15, 0.2) is 0 Å². The molecule has 88 valence electrons. The minimum absolute atomic E-state index is 0.211. The number of nitrogens with one attached hydrogen (secondary N) is 2. The maximum atomic E-state index is 11.8. The van der Waals surface area contributed by atoms with Crippen LogP contribution in [0.25, 0.3) is 0 Å². The molecule has 0 spiro atoms. The van der Waals surface area contributed by atoms with E-state index in [-0.39, 0.29) is 5.91 Å². The van der Waals surface area contributed by atoms with Gasteiger partial charge in [-0.1, -0.05) is 27.5 Å². The highest BCUT2D eigenvalue weighted by atomic mass is 79.9. The van der Waals surface area contributed by atoms with Crippen molar-refractivity contribution in [2.75, 3.05) is 0 Å². The van der Waals surface area contributed by atoms with Gasteiger partial charge in [0, 0.05) is 10.7 Å². The van der Waals surface area contributed by atoms with Gasteiger partial charge < -0.3 is 5.32 Å². The minimum Gasteiger partial charge on any atom is -0.346 e. The lowest BCUT2D eigenvalue weighted by Gasteiger charge is -2.05. The Morgan fingerprint density at radius 3 is 2.94 bits per heavy atom. The lowest BCUT2D eigenvalue weighted by molar-refractivity contribution is 0.0950. The maximum absolute atomic E-state index is 11.8. The van der Waals surface area contributed by atoms with Gasteiger partial charge in [0.05, 0.1) is 22.8 Å². The molecule has 0 bridgehead atoms. The number of amides is 1. The van der Waals surface area contributed by atoms with Crippen LogP contribution < -0.4 is 5.32 Å². The molecule has 2 N–H and O–H groups in total. The number of hydrogen-bond donors (Lipinski definition) is 2. The maximum Gasteiger partial charge on any atom is 0.253 e. The molecule has 2 rings (SSSR count). The Morgan fingerprint density at radius 1 is 1.47 bits per heavy atom. The Hall–Kier alpha value is -1.33. The molecular weight excluding hydrogens is 305 g/mol. The highest BCUT2D eigenvalue weighted by Gasteiger charge is 2.10. The van der Waals surface area contributed by atoms with Gasteiger partial charge in [-0.25, -0.2) is 0 Å². The summed E-state index contributed by atoms with van der Waals surface area (Å²) in [5.41, 5.74) is 1.29. The first-order valence-electron chi connectivity index (χ1n) is 4.88. The zero-order chi connectivity index (χ0) is 12.3. The summed E-state index contributed by atoms with van der Waals surface area (Å²) in [7, 11) is 0. The standard InChI is InChI=1S/C11H9BrClN3O/c12-7-1-2-9(10(13)5-7)11(17)14-6-8-3-4-15-16-8/h1-5H,6H2,(H,14,17)(H,15,16). The predicted octanol–water partition coefficient (Wildman–Crippen LogP) is 2.76. The molecule has 0 aliphatic carbocycles. The molecule has 0 saturated heterocycles. The van der Waals surface area contributed by atoms with E-state index in [1.54, 1.807) is 30.5 Å². The quantitative estimate of drug-likeness (QED) is 0.915. The van der Waals surface area contributed by atoms with Gasteiger partial charge in [-0.05, 0) is 24.3 Å². The molecule has 0 radical (unpaired) electrons. The first-order chi connectivity index (χ1) is 8.16. The van der Waals surface area contributed by atoms with Crippen LogP contribution in [0, 0.1) is 0 Å². The summed E-state index contributed by atoms with van der Waals surface area (Å²) in [5, 5.41) is 9.73. The molecule has 2 aromatic rings. The Balaban J connectivity index is 2.04. The highest BCUT2D eigenvalue weighted by molar-refractivity contribution is 9.10. The van der Waals surface area contributed by atoms with Gasteiger partial charge >= 0.3 is 0 Å². The van der Waals surface area contributed by atoms with Crippen molar-refractivity contribution in [3.05, 3.63) is 51.2 Å². The molecule has 0 aliphatic rings. The Labute approximate surface area is 111 Å². The zero-order valence-corrected chi connectivity index (χ0v) is 11.0. The second-order valence-corrected chi connectivity index (χ2v) is 4.71. The largest absolute Gasteiger partial charge is 0.346 e. The van der Waals surface area contributed by atoms with Crippen LogP contribution >= 0.6 is 27.5 Å². The summed E-state index contributed by atoms with van der Waals surface area (Å²) in [6, 6.07) is 6.93. The number of carbonyl (C=O) groups excluding carboxylic acids is 1. The molecule has 1 aromatic heterocycles. The van der Waals surface area contributed by atoms with Crippen LogP contribution in [0.1, 0.15) is 16.1 Å². The van der Waals surface area contributed by atoms with Crippen LogP contribution in [-0.2, 0) is 6.54 Å². The van der Waals surface area contributed by atoms with E-state index in [2.05, 4.69) is 31.4 Å². The van der Waals surface area contributed by atoms with E-state index in [9.17, 15) is 4.79 Å². The van der Waals surface area contributed by atoms with Crippen molar-refractivity contribution in [1.82, 2.24) is 15.5 Å². The number of H-pyrrole nitrogens is 1. The Morgan fingerprint density at radius 2 is 2.29 bits per heavy atom. The molecule has 6 heteroatoms. The molecule has 0 fully saturated rings. The summed E-state index contributed by atoms with van der Waals surface area (Å²) in [5.74, 6) is -0.211. The summed E-state index contributed by atoms with van der Waals surface area (Å²) >= 11 is 9.26. The number of rotatable bonds is 3. The van der Waals surface area contributed by atoms with E-state index in [4.69, 9.17) is 11.6 Å². The van der Waals surface area contributed by atoms with Crippen LogP contribution in [0.5, 0.6) is 0 Å². The SMILES string of the molecule is O=C(NCc1ccn[nH]1)c1ccc(Br)cc1Cl. The third kappa shape index (κ3) is 3.08. The molecule has 17 heavy (non-hydrogen) atoms. The Kier molecular flexibility index (Phi) is 3.81. The van der Waals surface area contributed by atoms with Crippen molar-refractivity contribution in [2.24, 2.45) is 0 Å². The normalized spacial score (nSPS) is 10.2. The van der Waals surface area contributed by atoms with Crippen molar-refractivity contribution in [3.8, 4) is 0 Å². The summed E-state index contributed by atoms with van der Waals surface area (Å²) < 4.78 is 0.840. The molecule has 1 aromatic carbocycles. The molecular formula is C11H9BrClN3O. The summed E-state index contributed by atoms with van der Waals surface area (Å²) in [6.07, 6.45) is 1.63. The lowest BCUT2D eigenvalue weighted by atomic mass is 10.2. The van der Waals surface area contributed by atoms with Gasteiger partial charge in [-0.2, -0.15) is 5.10 Å². The van der Waals surface area contributed by atoms with Crippen molar-refractivity contribution in [1.29, 1.82) is 0 Å². The average Bonchev–Trinajstić information content (AvgIpc) is 2.78. The smallest absolute Gasteiger partial charge is 0.253 e. The van der Waals surface area contributed by atoms with Gasteiger partial charge in [-0.15, -0.1) is 0 Å². The molecule has 1 amide bonds. The van der Waals surface area contributed by atoms with E-state index in [0.717, 1.165) is 10.2 Å². The van der Waals surface area contributed by atoms with E-state index in [0.29, 0.717) is 17.1 Å². The van der Waals surface area contributed by atoms with Crippen LogP contribution in [0.15, 0.2) is 34.9 Å². The number of carbonyl (C=O) groups is 1. The molecule has 0 aliphatic heterocycles. The number of nitrogens with zero attached hydrogens (tertiary/aromatic N) is 1. The topological polar surface area (TPSA) is 57.8 Å². The fraction of sp³-hybridized carbons (Fsp3) is 0.0909. The second kappa shape index (κ2) is 5.33. The van der Waals surface area contributed by atoms with Crippen LogP contribution in [0.3, 0.4) is 0 Å². The molecule has 1 heterocycles. The molecule has 4 nitrogen and oxygen atoms in total. The summed E-state index contributed by atoms with van der Waals surface area (Å²) in [4.78, 5) is 11.8. The Bertz CT molecular complexity index is 528. The first kappa shape index (κ1) is 12.1. The number of aromatic nitrogens is 2. The molecule has 0 unspecified atom stereocenters. The third-order valence-corrected chi connectivity index (χ3v) is 2.98. The van der Waals surface area contributed by atoms with Crippen LogP contribution in [0.2, 0.25) is 5.02 Å². The fourth-order valence-corrected chi connectivity index (χ4v) is 2.09. The van der Waals surface area contributed by atoms with E-state index < -0.39 is 0 Å². The van der Waals surface area contributed by atoms with Crippen LogP contribution in [-0.4, -0.2) is 16.1 Å². The van der Waals surface area contributed by atoms with Crippen molar-refractivity contribution >= 4 is 33.4 Å². The average molecular weight is 315 g/mol. The van der Waals surface area contributed by atoms with Crippen molar-refractivity contribution in [3.63, 3.8) is 0 Å². The monoisotopic (exact) mass is 313 g/mol. The minimum atomic E-state index is -0.211. The number of halogens is 2. The van der Waals surface area contributed by atoms with Gasteiger partial charge in [0.2, 0.25) is 0 Å². The van der Waals surface area contributed by atoms with Crippen molar-refractivity contribution in [2.45, 2.75) is 6.54 Å². The number of aromatic amines is 1. The van der Waals surface area contributed by atoms with Crippen molar-refractivity contribution < 1.29 is 4.79 Å². The van der Waals surface area contributed by atoms with Gasteiger partial charge in [0.1, 0.15) is 0 Å².